The molecule has 0 radical (unpaired) electrons. The van der Waals surface area contributed by atoms with Gasteiger partial charge in [0.15, 0.2) is 5.11 Å². The van der Waals surface area contributed by atoms with Crippen LogP contribution in [0.3, 0.4) is 0 Å². The molecule has 0 bridgehead atoms. The second kappa shape index (κ2) is 8.37. The lowest BCUT2D eigenvalue weighted by atomic mass is 10.2. The van der Waals surface area contributed by atoms with Crippen LogP contribution in [0, 0.1) is 0 Å². The Kier molecular flexibility index (Phi) is 5.72. The summed E-state index contributed by atoms with van der Waals surface area (Å²) in [6.45, 7) is -0.110. The van der Waals surface area contributed by atoms with Crippen molar-refractivity contribution in [1.29, 1.82) is 0 Å². The minimum Gasteiger partial charge on any atom is -0.331 e. The normalized spacial score (nSPS) is 10.2. The summed E-state index contributed by atoms with van der Waals surface area (Å²) >= 11 is 10.9. The number of halogens is 1. The fraction of sp³-hybridized carbons (Fsp3) is 0.0625. The number of nitrogens with one attached hydrogen (secondary N) is 3. The van der Waals surface area contributed by atoms with Gasteiger partial charge in [-0.05, 0) is 53.8 Å². The van der Waals surface area contributed by atoms with Crippen molar-refractivity contribution in [1.82, 2.24) is 31.1 Å². The van der Waals surface area contributed by atoms with Crippen LogP contribution in [-0.2, 0) is 11.3 Å². The summed E-state index contributed by atoms with van der Waals surface area (Å²) in [4.78, 5) is 13.1. The molecule has 3 aromatic rings. The quantitative estimate of drug-likeness (QED) is 0.465. The summed E-state index contributed by atoms with van der Waals surface area (Å²) in [7, 11) is 0. The molecule has 3 rings (SSSR count). The molecular weight excluding hydrogens is 374 g/mol. The van der Waals surface area contributed by atoms with Gasteiger partial charge in [-0.2, -0.15) is 4.80 Å². The fourth-order valence-electron chi connectivity index (χ4n) is 2.00. The summed E-state index contributed by atoms with van der Waals surface area (Å²) in [5.41, 5.74) is 6.65. The Balaban J connectivity index is 1.49. The van der Waals surface area contributed by atoms with Crippen LogP contribution >= 0.6 is 23.8 Å². The van der Waals surface area contributed by atoms with Crippen LogP contribution in [0.15, 0.2) is 54.6 Å². The third-order valence-corrected chi connectivity index (χ3v) is 3.64. The van der Waals surface area contributed by atoms with Gasteiger partial charge in [0.25, 0.3) is 5.91 Å². The van der Waals surface area contributed by atoms with Crippen molar-refractivity contribution in [2.75, 3.05) is 5.32 Å². The number of amides is 1. The summed E-state index contributed by atoms with van der Waals surface area (Å²) in [5.74, 6) is 0.0333. The summed E-state index contributed by atoms with van der Waals surface area (Å²) in [6.07, 6.45) is 0. The highest BCUT2D eigenvalue weighted by Gasteiger charge is 2.09. The highest BCUT2D eigenvalue weighted by atomic mass is 35.5. The van der Waals surface area contributed by atoms with Crippen LogP contribution in [0.2, 0.25) is 5.02 Å². The number of para-hydroxylation sites is 1. The van der Waals surface area contributed by atoms with E-state index in [4.69, 9.17) is 23.8 Å². The highest BCUT2D eigenvalue weighted by molar-refractivity contribution is 7.80. The zero-order valence-corrected chi connectivity index (χ0v) is 15.0. The first-order chi connectivity index (χ1) is 12.6. The number of carbonyl (C=O) groups excluding carboxylic acids is 1. The van der Waals surface area contributed by atoms with E-state index in [0.29, 0.717) is 10.8 Å². The van der Waals surface area contributed by atoms with Crippen molar-refractivity contribution in [2.24, 2.45) is 0 Å². The molecule has 10 heteroatoms. The zero-order chi connectivity index (χ0) is 18.4. The molecule has 0 unspecified atom stereocenters. The van der Waals surface area contributed by atoms with Gasteiger partial charge in [0, 0.05) is 16.3 Å². The maximum atomic E-state index is 12.0. The number of hydrazine groups is 1. The first-order valence-corrected chi connectivity index (χ1v) is 8.33. The third kappa shape index (κ3) is 4.98. The van der Waals surface area contributed by atoms with Crippen LogP contribution in [0.4, 0.5) is 5.69 Å². The molecule has 8 nitrogen and oxygen atoms in total. The minimum absolute atomic E-state index is 0.110. The van der Waals surface area contributed by atoms with Gasteiger partial charge >= 0.3 is 0 Å². The van der Waals surface area contributed by atoms with Gasteiger partial charge in [0.2, 0.25) is 5.82 Å². The van der Waals surface area contributed by atoms with E-state index in [0.717, 1.165) is 11.3 Å². The van der Waals surface area contributed by atoms with E-state index in [2.05, 4.69) is 31.6 Å². The Labute approximate surface area is 159 Å². The Morgan fingerprint density at radius 1 is 1.08 bits per heavy atom. The number of hydrogen-bond donors (Lipinski definition) is 3. The molecule has 3 N–H and O–H groups in total. The molecule has 0 atom stereocenters. The number of thiocarbonyl (C=S) groups is 1. The van der Waals surface area contributed by atoms with Crippen molar-refractivity contribution < 1.29 is 4.79 Å². The Morgan fingerprint density at radius 2 is 1.81 bits per heavy atom. The lowest BCUT2D eigenvalue weighted by Gasteiger charge is -2.11. The molecule has 2 aromatic carbocycles. The molecular formula is C16H14ClN7OS. The Hall–Kier alpha value is -3.04. The van der Waals surface area contributed by atoms with Gasteiger partial charge in [-0.1, -0.05) is 29.8 Å². The summed E-state index contributed by atoms with van der Waals surface area (Å²) < 4.78 is 0. The first-order valence-electron chi connectivity index (χ1n) is 7.55. The number of tetrazole rings is 1. The maximum absolute atomic E-state index is 12.0. The van der Waals surface area contributed by atoms with E-state index < -0.39 is 0 Å². The van der Waals surface area contributed by atoms with Crippen LogP contribution < -0.4 is 16.2 Å². The van der Waals surface area contributed by atoms with Gasteiger partial charge in [-0.15, -0.1) is 10.2 Å². The SMILES string of the molecule is O=C(Cn1nnc(-c2ccc(Cl)cc2)n1)NNC(=S)Nc1ccccc1. The van der Waals surface area contributed by atoms with E-state index in [1.165, 1.54) is 4.80 Å². The van der Waals surface area contributed by atoms with Gasteiger partial charge in [-0.3, -0.25) is 15.6 Å². The Bertz CT molecular complexity index is 898. The van der Waals surface area contributed by atoms with E-state index in [1.807, 2.05) is 30.3 Å². The molecule has 132 valence electrons. The topological polar surface area (TPSA) is 96.8 Å². The number of nitrogens with zero attached hydrogens (tertiary/aromatic N) is 4. The molecule has 0 aliphatic heterocycles. The van der Waals surface area contributed by atoms with Crippen molar-refractivity contribution in [3.8, 4) is 11.4 Å². The van der Waals surface area contributed by atoms with Crippen molar-refractivity contribution in [3.63, 3.8) is 0 Å². The van der Waals surface area contributed by atoms with Gasteiger partial charge in [0.05, 0.1) is 0 Å². The van der Waals surface area contributed by atoms with E-state index in [1.54, 1.807) is 24.3 Å². The van der Waals surface area contributed by atoms with Crippen molar-refractivity contribution in [2.45, 2.75) is 6.54 Å². The first kappa shape index (κ1) is 17.8. The standard InChI is InChI=1S/C16H14ClN7OS/c17-12-8-6-11(7-9-12)15-20-23-24(22-15)10-14(25)19-21-16(26)18-13-4-2-1-3-5-13/h1-9H,10H2,(H,19,25)(H2,18,21,26). The molecule has 0 spiro atoms. The van der Waals surface area contributed by atoms with E-state index >= 15 is 0 Å². The number of anilines is 1. The van der Waals surface area contributed by atoms with Gasteiger partial charge in [-0.25, -0.2) is 0 Å². The lowest BCUT2D eigenvalue weighted by Crippen LogP contribution is -2.45. The molecule has 0 fully saturated rings. The number of carbonyl (C=O) groups is 1. The molecule has 1 amide bonds. The lowest BCUT2D eigenvalue weighted by molar-refractivity contribution is -0.122. The average Bonchev–Trinajstić information content (AvgIpc) is 3.10. The molecule has 0 aliphatic carbocycles. The van der Waals surface area contributed by atoms with E-state index in [9.17, 15) is 4.79 Å². The summed E-state index contributed by atoms with van der Waals surface area (Å²) in [5, 5.41) is 15.8. The number of rotatable bonds is 4. The molecule has 0 aliphatic rings. The third-order valence-electron chi connectivity index (χ3n) is 3.19. The molecule has 0 saturated heterocycles. The van der Waals surface area contributed by atoms with Crippen LogP contribution in [0.5, 0.6) is 0 Å². The fourth-order valence-corrected chi connectivity index (χ4v) is 2.30. The monoisotopic (exact) mass is 387 g/mol. The molecule has 26 heavy (non-hydrogen) atoms. The van der Waals surface area contributed by atoms with E-state index in [-0.39, 0.29) is 17.6 Å². The van der Waals surface area contributed by atoms with Gasteiger partial charge < -0.3 is 5.32 Å². The molecule has 1 aromatic heterocycles. The second-order valence-corrected chi connectivity index (χ2v) is 5.99. The number of hydrogen-bond acceptors (Lipinski definition) is 5. The van der Waals surface area contributed by atoms with Crippen molar-refractivity contribution in [3.05, 3.63) is 59.6 Å². The number of benzene rings is 2. The minimum atomic E-state index is -0.373. The largest absolute Gasteiger partial charge is 0.331 e. The smallest absolute Gasteiger partial charge is 0.262 e. The van der Waals surface area contributed by atoms with Crippen molar-refractivity contribution >= 4 is 40.5 Å². The second-order valence-electron chi connectivity index (χ2n) is 5.14. The van der Waals surface area contributed by atoms with Gasteiger partial charge in [0.1, 0.15) is 6.54 Å². The molecule has 1 heterocycles. The zero-order valence-electron chi connectivity index (χ0n) is 13.4. The highest BCUT2D eigenvalue weighted by Crippen LogP contribution is 2.16. The Morgan fingerprint density at radius 3 is 2.54 bits per heavy atom. The maximum Gasteiger partial charge on any atom is 0.262 e. The predicted molar refractivity (Wildman–Crippen MR) is 102 cm³/mol. The van der Waals surface area contributed by atoms with Crippen LogP contribution in [-0.4, -0.2) is 31.2 Å². The van der Waals surface area contributed by atoms with Crippen LogP contribution in [0.25, 0.3) is 11.4 Å². The number of aromatic nitrogens is 4. The average molecular weight is 388 g/mol. The summed E-state index contributed by atoms with van der Waals surface area (Å²) in [6, 6.07) is 16.4. The molecule has 0 saturated carbocycles. The predicted octanol–water partition coefficient (Wildman–Crippen LogP) is 2.01. The van der Waals surface area contributed by atoms with Crippen LogP contribution in [0.1, 0.15) is 0 Å².